The summed E-state index contributed by atoms with van der Waals surface area (Å²) >= 11 is 0. The highest BCUT2D eigenvalue weighted by Crippen LogP contribution is 2.57. The molecule has 3 aromatic heterocycles. The number of hydrogen-bond acceptors (Lipinski definition) is 2. The fourth-order valence-corrected chi connectivity index (χ4v) is 9.88. The van der Waals surface area contributed by atoms with Gasteiger partial charge in [0.2, 0.25) is 0 Å². The molecule has 0 saturated heterocycles. The molecule has 268 valence electrons. The fraction of sp³-hybridized carbons (Fsp3) is 0. The van der Waals surface area contributed by atoms with Gasteiger partial charge >= 0.3 is 0 Å². The maximum atomic E-state index is 5.20. The van der Waals surface area contributed by atoms with Gasteiger partial charge in [0.15, 0.2) is 5.82 Å². The van der Waals surface area contributed by atoms with Gasteiger partial charge < -0.3 is 9.13 Å². The SMILES string of the molecule is c1ccc(-c2nc(-c3ccc(-n4c5ccccc5c5c6c(c7c8ccccc8n(-c8ccccc8)c7c54)-c4cccc5cccc-6c45)cc3)nc3ccccc23)cc1. The van der Waals surface area contributed by atoms with Crippen LogP contribution < -0.4 is 0 Å². The Kier molecular flexibility index (Phi) is 6.41. The molecular weight excluding hydrogens is 705 g/mol. The van der Waals surface area contributed by atoms with Crippen LogP contribution in [-0.2, 0) is 0 Å². The Labute approximate surface area is 333 Å². The van der Waals surface area contributed by atoms with Gasteiger partial charge in [-0.15, -0.1) is 0 Å². The molecule has 9 aromatic carbocycles. The van der Waals surface area contributed by atoms with Gasteiger partial charge in [-0.25, -0.2) is 9.97 Å². The second kappa shape index (κ2) is 11.8. The van der Waals surface area contributed by atoms with Crippen molar-refractivity contribution < 1.29 is 0 Å². The molecule has 13 rings (SSSR count). The van der Waals surface area contributed by atoms with Crippen molar-refractivity contribution in [1.82, 2.24) is 19.1 Å². The van der Waals surface area contributed by atoms with Gasteiger partial charge in [0, 0.05) is 60.6 Å². The van der Waals surface area contributed by atoms with Crippen LogP contribution in [0.2, 0.25) is 0 Å². The number of nitrogens with zero attached hydrogens (tertiary/aromatic N) is 4. The van der Waals surface area contributed by atoms with Gasteiger partial charge in [-0.1, -0.05) is 140 Å². The topological polar surface area (TPSA) is 35.6 Å². The molecule has 0 N–H and O–H groups in total. The summed E-state index contributed by atoms with van der Waals surface area (Å²) in [7, 11) is 0. The third-order valence-electron chi connectivity index (χ3n) is 12.2. The zero-order valence-electron chi connectivity index (χ0n) is 31.3. The minimum Gasteiger partial charge on any atom is -0.307 e. The third kappa shape index (κ3) is 4.23. The standard InChI is InChI=1S/C54H32N4/c1-3-15-34(16-4-1)51-38-21-7-10-26-43(38)55-54(56-51)35-29-31-37(32-30-35)58-45-28-12-9-23-40(45)50-48-42-25-14-18-33-17-13-24-41(46(33)42)47(48)49-39-22-8-11-27-44(39)57(52(49)53(50)58)36-19-5-2-6-20-36/h1-32H. The molecule has 0 spiro atoms. The lowest BCUT2D eigenvalue weighted by Crippen LogP contribution is -2.00. The Morgan fingerprint density at radius 3 is 1.48 bits per heavy atom. The summed E-state index contributed by atoms with van der Waals surface area (Å²) in [5.74, 6) is 0.710. The fourth-order valence-electron chi connectivity index (χ4n) is 9.88. The van der Waals surface area contributed by atoms with Gasteiger partial charge in [0.05, 0.1) is 33.3 Å². The van der Waals surface area contributed by atoms with Gasteiger partial charge in [-0.3, -0.25) is 0 Å². The zero-order chi connectivity index (χ0) is 37.9. The number of aromatic nitrogens is 4. The summed E-state index contributed by atoms with van der Waals surface area (Å²) in [6, 6.07) is 69.9. The molecule has 4 heteroatoms. The molecule has 4 nitrogen and oxygen atoms in total. The van der Waals surface area contributed by atoms with E-state index in [9.17, 15) is 0 Å². The lowest BCUT2D eigenvalue weighted by atomic mass is 9.93. The number of rotatable bonds is 4. The maximum Gasteiger partial charge on any atom is 0.160 e. The summed E-state index contributed by atoms with van der Waals surface area (Å²) in [6.07, 6.45) is 0. The summed E-state index contributed by atoms with van der Waals surface area (Å²) in [4.78, 5) is 10.3. The largest absolute Gasteiger partial charge is 0.307 e. The van der Waals surface area contributed by atoms with Crippen molar-refractivity contribution in [1.29, 1.82) is 0 Å². The van der Waals surface area contributed by atoms with Crippen LogP contribution in [0.5, 0.6) is 0 Å². The predicted octanol–water partition coefficient (Wildman–Crippen LogP) is 14.0. The van der Waals surface area contributed by atoms with E-state index in [2.05, 4.69) is 191 Å². The van der Waals surface area contributed by atoms with Gasteiger partial charge in [-0.2, -0.15) is 0 Å². The molecule has 1 aliphatic carbocycles. The first-order chi connectivity index (χ1) is 28.8. The van der Waals surface area contributed by atoms with E-state index in [0.717, 1.165) is 39.1 Å². The molecule has 0 saturated carbocycles. The minimum absolute atomic E-state index is 0.710. The van der Waals surface area contributed by atoms with Crippen molar-refractivity contribution in [2.75, 3.05) is 0 Å². The molecule has 0 aliphatic heterocycles. The molecule has 0 atom stereocenters. The normalized spacial score (nSPS) is 12.1. The summed E-state index contributed by atoms with van der Waals surface area (Å²) in [6.45, 7) is 0. The van der Waals surface area contributed by atoms with Crippen molar-refractivity contribution in [2.45, 2.75) is 0 Å². The van der Waals surface area contributed by atoms with Crippen molar-refractivity contribution >= 4 is 65.3 Å². The third-order valence-corrected chi connectivity index (χ3v) is 12.2. The van der Waals surface area contributed by atoms with Crippen LogP contribution in [0.15, 0.2) is 194 Å². The Bertz CT molecular complexity index is 3650. The van der Waals surface area contributed by atoms with Crippen LogP contribution in [0.1, 0.15) is 0 Å². The molecular formula is C54H32N4. The Morgan fingerprint density at radius 2 is 0.862 bits per heavy atom. The molecule has 58 heavy (non-hydrogen) atoms. The monoisotopic (exact) mass is 736 g/mol. The quantitative estimate of drug-likeness (QED) is 0.180. The predicted molar refractivity (Wildman–Crippen MR) is 241 cm³/mol. The van der Waals surface area contributed by atoms with Crippen molar-refractivity contribution in [3.63, 3.8) is 0 Å². The first-order valence-corrected chi connectivity index (χ1v) is 19.8. The molecule has 1 aliphatic rings. The van der Waals surface area contributed by atoms with Crippen molar-refractivity contribution in [3.8, 4) is 56.3 Å². The van der Waals surface area contributed by atoms with Gasteiger partial charge in [-0.05, 0) is 76.5 Å². The highest BCUT2D eigenvalue weighted by molar-refractivity contribution is 6.38. The maximum absolute atomic E-state index is 5.20. The van der Waals surface area contributed by atoms with Gasteiger partial charge in [0.1, 0.15) is 0 Å². The van der Waals surface area contributed by atoms with E-state index < -0.39 is 0 Å². The molecule has 0 bridgehead atoms. The van der Waals surface area contributed by atoms with Crippen LogP contribution in [0.25, 0.3) is 122 Å². The Hall–Kier alpha value is -7.82. The molecule has 0 fully saturated rings. The minimum atomic E-state index is 0.710. The summed E-state index contributed by atoms with van der Waals surface area (Å²) in [5.41, 5.74) is 16.1. The zero-order valence-corrected chi connectivity index (χ0v) is 31.3. The molecule has 3 heterocycles. The lowest BCUT2D eigenvalue weighted by molar-refractivity contribution is 1.15. The van der Waals surface area contributed by atoms with Gasteiger partial charge in [0.25, 0.3) is 0 Å². The van der Waals surface area contributed by atoms with Crippen LogP contribution in [0.3, 0.4) is 0 Å². The van der Waals surface area contributed by atoms with Crippen LogP contribution in [0, 0.1) is 0 Å². The molecule has 0 radical (unpaired) electrons. The van der Waals surface area contributed by atoms with E-state index in [4.69, 9.17) is 9.97 Å². The average Bonchev–Trinajstić information content (AvgIpc) is 3.94. The Morgan fingerprint density at radius 1 is 0.345 bits per heavy atom. The first-order valence-electron chi connectivity index (χ1n) is 19.8. The molecule has 12 aromatic rings. The molecule has 0 amide bonds. The Balaban J connectivity index is 1.15. The average molecular weight is 737 g/mol. The number of benzene rings is 9. The van der Waals surface area contributed by atoms with E-state index in [1.54, 1.807) is 0 Å². The lowest BCUT2D eigenvalue weighted by Gasteiger charge is -2.15. The van der Waals surface area contributed by atoms with Crippen LogP contribution >= 0.6 is 0 Å². The first kappa shape index (κ1) is 31.4. The highest BCUT2D eigenvalue weighted by Gasteiger charge is 2.33. The number of para-hydroxylation sites is 4. The van der Waals surface area contributed by atoms with E-state index in [1.807, 2.05) is 12.1 Å². The van der Waals surface area contributed by atoms with E-state index in [-0.39, 0.29) is 0 Å². The number of hydrogen-bond donors (Lipinski definition) is 0. The van der Waals surface area contributed by atoms with E-state index in [0.29, 0.717) is 5.82 Å². The highest BCUT2D eigenvalue weighted by atomic mass is 15.0. The van der Waals surface area contributed by atoms with Crippen molar-refractivity contribution in [2.24, 2.45) is 0 Å². The van der Waals surface area contributed by atoms with Crippen LogP contribution in [-0.4, -0.2) is 19.1 Å². The van der Waals surface area contributed by atoms with E-state index in [1.165, 1.54) is 76.6 Å². The smallest absolute Gasteiger partial charge is 0.160 e. The second-order valence-electron chi connectivity index (χ2n) is 15.3. The van der Waals surface area contributed by atoms with Crippen molar-refractivity contribution in [3.05, 3.63) is 194 Å². The summed E-state index contributed by atoms with van der Waals surface area (Å²) in [5, 5.41) is 8.68. The van der Waals surface area contributed by atoms with Crippen LogP contribution in [0.4, 0.5) is 0 Å². The number of fused-ring (bicyclic) bond motifs is 13. The second-order valence-corrected chi connectivity index (χ2v) is 15.3. The summed E-state index contributed by atoms with van der Waals surface area (Å²) < 4.78 is 4.99. The molecule has 0 unspecified atom stereocenters. The van der Waals surface area contributed by atoms with E-state index >= 15 is 0 Å².